The molecule has 0 atom stereocenters. The van der Waals surface area contributed by atoms with Crippen molar-refractivity contribution in [1.82, 2.24) is 4.98 Å². The first-order chi connectivity index (χ1) is 20.6. The number of carbonyl (C=O) groups is 1. The summed E-state index contributed by atoms with van der Waals surface area (Å²) in [4.78, 5) is 17.0. The number of benzene rings is 4. The Morgan fingerprint density at radius 1 is 0.953 bits per heavy atom. The summed E-state index contributed by atoms with van der Waals surface area (Å²) < 4.78 is 50.7. The number of nitrogens with one attached hydrogen (secondary N) is 1. The van der Waals surface area contributed by atoms with Crippen molar-refractivity contribution < 1.29 is 53.2 Å². The zero-order chi connectivity index (χ0) is 30.8. The Morgan fingerprint density at radius 2 is 1.70 bits per heavy atom. The van der Waals surface area contributed by atoms with Crippen LogP contribution in [0.4, 0.5) is 5.13 Å². The molecule has 224 valence electrons. The Hall–Kier alpha value is -3.56. The number of thiazole rings is 1. The molecule has 0 aliphatic rings. The Morgan fingerprint density at radius 3 is 2.37 bits per heavy atom. The Labute approximate surface area is 264 Å². The third-order valence-electron chi connectivity index (χ3n) is 5.76. The summed E-state index contributed by atoms with van der Waals surface area (Å²) in [5, 5.41) is 3.45. The number of amides is 1. The molecule has 0 fully saturated rings. The van der Waals surface area contributed by atoms with Crippen LogP contribution in [0.25, 0.3) is 10.2 Å². The predicted octanol–water partition coefficient (Wildman–Crippen LogP) is 2.96. The van der Waals surface area contributed by atoms with Crippen LogP contribution in [-0.4, -0.2) is 44.4 Å². The minimum absolute atomic E-state index is 0.178. The number of halogens is 1. The number of aryl methyl sites for hydroxylation is 1. The molecular formula is C31H29IN2O7S2. The van der Waals surface area contributed by atoms with Gasteiger partial charge in [-0.3, -0.25) is 10.1 Å². The van der Waals surface area contributed by atoms with Crippen molar-refractivity contribution in [1.29, 1.82) is 0 Å². The van der Waals surface area contributed by atoms with Crippen molar-refractivity contribution in [3.05, 3.63) is 109 Å². The lowest BCUT2D eigenvalue weighted by molar-refractivity contribution is -0.597. The molecule has 0 saturated heterocycles. The lowest BCUT2D eigenvalue weighted by Gasteiger charge is -2.05. The van der Waals surface area contributed by atoms with Crippen molar-refractivity contribution in [3.8, 4) is 11.5 Å². The lowest BCUT2D eigenvalue weighted by atomic mass is 10.2. The number of rotatable bonds is 10. The van der Waals surface area contributed by atoms with E-state index >= 15 is 0 Å². The van der Waals surface area contributed by atoms with Gasteiger partial charge in [-0.1, -0.05) is 35.1 Å². The topological polar surface area (TPSA) is 127 Å². The fourth-order valence-corrected chi connectivity index (χ4v) is 7.21. The van der Waals surface area contributed by atoms with E-state index in [4.69, 9.17) is 14.2 Å². The first kappa shape index (κ1) is 32.4. The third-order valence-corrected chi connectivity index (χ3v) is 10.2. The van der Waals surface area contributed by atoms with Crippen molar-refractivity contribution in [2.24, 2.45) is 0 Å². The molecule has 1 heterocycles. The maximum absolute atomic E-state index is 12.7. The summed E-state index contributed by atoms with van der Waals surface area (Å²) in [7, 11) is -2.60. The van der Waals surface area contributed by atoms with E-state index in [1.54, 1.807) is 19.2 Å². The van der Waals surface area contributed by atoms with Crippen LogP contribution in [-0.2, 0) is 14.9 Å². The second-order valence-electron chi connectivity index (χ2n) is 8.89. The van der Waals surface area contributed by atoms with E-state index in [1.807, 2.05) is 68.4 Å². The minimum Gasteiger partial charge on any atom is -0.744 e. The van der Waals surface area contributed by atoms with Gasteiger partial charge in [0.2, 0.25) is 0 Å². The lowest BCUT2D eigenvalue weighted by Crippen LogP contribution is -3.61. The van der Waals surface area contributed by atoms with Crippen LogP contribution in [0.15, 0.2) is 95.9 Å². The van der Waals surface area contributed by atoms with Gasteiger partial charge in [-0.2, -0.15) is 0 Å². The molecule has 0 spiro atoms. The smallest absolute Gasteiger partial charge is 0.358 e. The minimum atomic E-state index is -4.27. The highest BCUT2D eigenvalue weighted by atomic mass is 127. The molecule has 0 saturated carbocycles. The molecule has 9 nitrogen and oxygen atoms in total. The number of anilines is 1. The van der Waals surface area contributed by atoms with Crippen molar-refractivity contribution in [2.45, 2.75) is 18.7 Å². The van der Waals surface area contributed by atoms with Crippen molar-refractivity contribution in [2.75, 3.05) is 25.8 Å². The number of hydrogen-bond acceptors (Lipinski definition) is 9. The van der Waals surface area contributed by atoms with E-state index in [2.05, 4.69) is 22.4 Å². The molecule has 4 aromatic carbocycles. The zero-order valence-electron chi connectivity index (χ0n) is 23.6. The van der Waals surface area contributed by atoms with Gasteiger partial charge in [-0.15, -0.1) is 0 Å². The molecule has 1 N–H and O–H groups in total. The summed E-state index contributed by atoms with van der Waals surface area (Å²) in [5.41, 5.74) is 2.34. The van der Waals surface area contributed by atoms with E-state index in [0.29, 0.717) is 23.1 Å². The van der Waals surface area contributed by atoms with Crippen LogP contribution in [0.5, 0.6) is 11.5 Å². The summed E-state index contributed by atoms with van der Waals surface area (Å²) in [6, 6.07) is 27.3. The van der Waals surface area contributed by atoms with Crippen LogP contribution in [0.3, 0.4) is 0 Å². The highest BCUT2D eigenvalue weighted by Gasteiger charge is 2.18. The molecule has 1 aromatic heterocycles. The molecule has 43 heavy (non-hydrogen) atoms. The fraction of sp³-hybridized carbons (Fsp3) is 0.161. The van der Waals surface area contributed by atoms with E-state index < -0.39 is 10.1 Å². The zero-order valence-corrected chi connectivity index (χ0v) is 27.4. The molecular weight excluding hydrogens is 703 g/mol. The molecule has 5 rings (SSSR count). The largest absolute Gasteiger partial charge is 0.744 e. The first-order valence-electron chi connectivity index (χ1n) is 13.0. The fourth-order valence-electron chi connectivity index (χ4n) is 3.56. The van der Waals surface area contributed by atoms with E-state index in [9.17, 15) is 17.8 Å². The molecule has 0 radical (unpaired) electrons. The SMILES string of the molecule is CCOCOc1ccc2nc(NC(=O)c3ccc([I+]c4cccc(OC)c4)cc3)sc2c1.Cc1ccc(S(=O)(=O)[O-])cc1. The van der Waals surface area contributed by atoms with Crippen LogP contribution < -0.4 is 36.0 Å². The van der Waals surface area contributed by atoms with E-state index in [1.165, 1.54) is 30.6 Å². The Balaban J connectivity index is 0.000000324. The number of carbonyl (C=O) groups excluding carboxylic acids is 1. The average molecular weight is 733 g/mol. The van der Waals surface area contributed by atoms with Gasteiger partial charge in [-0.05, 0) is 80.6 Å². The van der Waals surface area contributed by atoms with Gasteiger partial charge in [0.15, 0.2) is 19.1 Å². The van der Waals surface area contributed by atoms with E-state index in [0.717, 1.165) is 21.5 Å². The number of nitrogens with zero attached hydrogens (tertiary/aromatic N) is 1. The number of fused-ring (bicyclic) bond motifs is 1. The molecule has 5 aromatic rings. The van der Waals surface area contributed by atoms with Crippen molar-refractivity contribution >= 4 is 42.7 Å². The molecule has 0 bridgehead atoms. The molecule has 12 heteroatoms. The normalized spacial score (nSPS) is 11.0. The summed E-state index contributed by atoms with van der Waals surface area (Å²) in [6.07, 6.45) is 0. The molecule has 0 unspecified atom stereocenters. The van der Waals surface area contributed by atoms with Crippen LogP contribution in [0.2, 0.25) is 0 Å². The van der Waals surface area contributed by atoms with Gasteiger partial charge < -0.3 is 18.8 Å². The summed E-state index contributed by atoms with van der Waals surface area (Å²) in [5.74, 6) is 1.40. The standard InChI is InChI=1S/C24H21IN2O4S.C7H8O3S/c1-3-30-15-31-20-11-12-21-22(14-20)32-24(26-21)27-23(28)16-7-9-17(10-8-16)25-18-5-4-6-19(13-18)29-2;1-6-2-4-7(5-3-6)11(8,9)10/h4-14H,3,15H2,1-2H3;2-5H,1H3,(H,8,9,10). The summed E-state index contributed by atoms with van der Waals surface area (Å²) in [6.45, 7) is 4.55. The predicted molar refractivity (Wildman–Crippen MR) is 161 cm³/mol. The molecule has 0 aliphatic carbocycles. The number of ether oxygens (including phenoxy) is 3. The maximum atomic E-state index is 12.7. The van der Waals surface area contributed by atoms with Gasteiger partial charge in [0.25, 0.3) is 5.91 Å². The second kappa shape index (κ2) is 15.3. The number of aromatic nitrogens is 1. The maximum Gasteiger partial charge on any atom is 0.358 e. The van der Waals surface area contributed by atoms with Crippen LogP contribution in [0.1, 0.15) is 22.8 Å². The number of hydrogen-bond donors (Lipinski definition) is 1. The van der Waals surface area contributed by atoms with Gasteiger partial charge in [0, 0.05) is 18.2 Å². The van der Waals surface area contributed by atoms with Gasteiger partial charge in [-0.25, -0.2) is 13.4 Å². The second-order valence-corrected chi connectivity index (χ2v) is 14.3. The average Bonchev–Trinajstić information content (AvgIpc) is 3.39. The third kappa shape index (κ3) is 9.73. The quantitative estimate of drug-likeness (QED) is 0.101. The summed E-state index contributed by atoms with van der Waals surface area (Å²) >= 11 is 1.07. The Kier molecular flexibility index (Phi) is 11.5. The van der Waals surface area contributed by atoms with Gasteiger partial charge in [0.05, 0.1) is 22.2 Å². The van der Waals surface area contributed by atoms with Crippen molar-refractivity contribution in [3.63, 3.8) is 0 Å². The highest BCUT2D eigenvalue weighted by Crippen LogP contribution is 2.29. The van der Waals surface area contributed by atoms with Gasteiger partial charge in [0.1, 0.15) is 21.6 Å². The highest BCUT2D eigenvalue weighted by molar-refractivity contribution is 7.85. The van der Waals surface area contributed by atoms with Crippen LogP contribution in [0, 0.1) is 14.1 Å². The number of methoxy groups -OCH3 is 1. The first-order valence-corrected chi connectivity index (χ1v) is 17.4. The van der Waals surface area contributed by atoms with Gasteiger partial charge >= 0.3 is 21.2 Å². The molecule has 1 amide bonds. The molecule has 0 aliphatic heterocycles. The van der Waals surface area contributed by atoms with Crippen LogP contribution >= 0.6 is 11.3 Å². The van der Waals surface area contributed by atoms with E-state index in [-0.39, 0.29) is 38.8 Å². The monoisotopic (exact) mass is 732 g/mol. The Bertz CT molecular complexity index is 1770.